The number of fused-ring (bicyclic) bond motifs is 4. The Kier molecular flexibility index (Phi) is 9.89. The summed E-state index contributed by atoms with van der Waals surface area (Å²) in [4.78, 5) is 2.41. The Hall–Kier alpha value is -8.72. The largest absolute Gasteiger partial charge is 0.310 e. The van der Waals surface area contributed by atoms with Gasteiger partial charge in [0.15, 0.2) is 0 Å². The lowest BCUT2D eigenvalue weighted by molar-refractivity contribution is 1.18. The van der Waals surface area contributed by atoms with E-state index >= 15 is 0 Å². The molecular weight excluding hydrogens is 797 g/mol. The first-order chi connectivity index (χ1) is 32.7. The molecule has 0 amide bonds. The maximum absolute atomic E-state index is 2.41. The van der Waals surface area contributed by atoms with Gasteiger partial charge < -0.3 is 9.47 Å². The third kappa shape index (κ3) is 7.12. The topological polar surface area (TPSA) is 8.17 Å². The Morgan fingerprint density at radius 2 is 0.742 bits per heavy atom. The highest BCUT2D eigenvalue weighted by atomic mass is 15.1. The van der Waals surface area contributed by atoms with Gasteiger partial charge in [-0.2, -0.15) is 0 Å². The number of rotatable bonds is 9. The quantitative estimate of drug-likeness (QED) is 0.141. The summed E-state index contributed by atoms with van der Waals surface area (Å²) < 4.78 is 2.39. The first-order valence-corrected chi connectivity index (χ1v) is 22.7. The molecule has 0 aliphatic heterocycles. The molecule has 1 aromatic heterocycles. The highest BCUT2D eigenvalue weighted by Crippen LogP contribution is 2.44. The molecule has 0 unspecified atom stereocenters. The SMILES string of the molecule is c1ccc(-c2cccc(-c3ccc(N(c4ccc(-c5ccc6ccccc6c5)cc4)c4ccccc4-c4cccc(-c5cccc6c5c5ccccc5n6-c5ccccc5)c4)cc3)c2)cc1. The van der Waals surface area contributed by atoms with Crippen molar-refractivity contribution in [2.45, 2.75) is 0 Å². The van der Waals surface area contributed by atoms with Crippen molar-refractivity contribution < 1.29 is 0 Å². The van der Waals surface area contributed by atoms with Crippen LogP contribution < -0.4 is 4.90 Å². The molecule has 1 heterocycles. The molecule has 0 atom stereocenters. The Morgan fingerprint density at radius 1 is 0.273 bits per heavy atom. The predicted molar refractivity (Wildman–Crippen MR) is 280 cm³/mol. The molecule has 0 bridgehead atoms. The van der Waals surface area contributed by atoms with E-state index in [9.17, 15) is 0 Å². The van der Waals surface area contributed by atoms with Crippen molar-refractivity contribution >= 4 is 49.6 Å². The highest BCUT2D eigenvalue weighted by molar-refractivity contribution is 6.16. The lowest BCUT2D eigenvalue weighted by Gasteiger charge is -2.28. The zero-order chi connectivity index (χ0) is 43.8. The van der Waals surface area contributed by atoms with Crippen LogP contribution in [0.15, 0.2) is 267 Å². The second-order valence-electron chi connectivity index (χ2n) is 16.9. The summed E-state index contributed by atoms with van der Waals surface area (Å²) >= 11 is 0. The molecule has 0 N–H and O–H groups in total. The minimum atomic E-state index is 1.08. The van der Waals surface area contributed by atoms with Gasteiger partial charge in [-0.1, -0.05) is 194 Å². The van der Waals surface area contributed by atoms with Crippen molar-refractivity contribution in [3.8, 4) is 61.3 Å². The van der Waals surface area contributed by atoms with E-state index in [1.54, 1.807) is 0 Å². The van der Waals surface area contributed by atoms with E-state index in [-0.39, 0.29) is 0 Å². The molecule has 0 saturated heterocycles. The number of anilines is 3. The van der Waals surface area contributed by atoms with E-state index in [0.717, 1.165) is 33.9 Å². The van der Waals surface area contributed by atoms with Gasteiger partial charge in [-0.05, 0) is 134 Å². The maximum Gasteiger partial charge on any atom is 0.0547 e. The van der Waals surface area contributed by atoms with Crippen molar-refractivity contribution in [2.24, 2.45) is 0 Å². The van der Waals surface area contributed by atoms with Gasteiger partial charge in [0.05, 0.1) is 16.7 Å². The molecule has 12 rings (SSSR count). The molecule has 0 spiro atoms. The van der Waals surface area contributed by atoms with Gasteiger partial charge in [-0.15, -0.1) is 0 Å². The minimum absolute atomic E-state index is 1.08. The fourth-order valence-electron chi connectivity index (χ4n) is 9.79. The van der Waals surface area contributed by atoms with Crippen molar-refractivity contribution in [3.05, 3.63) is 267 Å². The van der Waals surface area contributed by atoms with Crippen molar-refractivity contribution in [1.29, 1.82) is 0 Å². The van der Waals surface area contributed by atoms with E-state index in [4.69, 9.17) is 0 Å². The predicted octanol–water partition coefficient (Wildman–Crippen LogP) is 17.7. The van der Waals surface area contributed by atoms with Gasteiger partial charge in [0.2, 0.25) is 0 Å². The van der Waals surface area contributed by atoms with Crippen molar-refractivity contribution in [1.82, 2.24) is 4.57 Å². The molecule has 0 fully saturated rings. The van der Waals surface area contributed by atoms with Crippen LogP contribution in [0.3, 0.4) is 0 Å². The maximum atomic E-state index is 2.41. The monoisotopic (exact) mass is 840 g/mol. The smallest absolute Gasteiger partial charge is 0.0547 e. The number of aromatic nitrogens is 1. The fourth-order valence-corrected chi connectivity index (χ4v) is 9.79. The standard InChI is InChI=1S/C64H44N2/c1-3-16-45(17-4-1)50-20-13-21-51(42-50)47-34-38-56(39-35-47)65(57-40-36-48(37-41-57)52-33-32-46-18-7-8-19-49(46)43-52)61-29-11-9-26-58(61)53-22-14-23-54(44-53)59-28-15-31-63-64(59)60-27-10-12-30-62(60)66(63)55-24-5-2-6-25-55/h1-44H. The number of nitrogens with zero attached hydrogens (tertiary/aromatic N) is 2. The van der Waals surface area contributed by atoms with E-state index < -0.39 is 0 Å². The summed E-state index contributed by atoms with van der Waals surface area (Å²) in [6, 6.07) is 96.9. The lowest BCUT2D eigenvalue weighted by Crippen LogP contribution is -2.11. The first kappa shape index (κ1) is 38.9. The van der Waals surface area contributed by atoms with E-state index in [0.29, 0.717) is 0 Å². The Morgan fingerprint density at radius 3 is 1.47 bits per heavy atom. The summed E-state index contributed by atoms with van der Waals surface area (Å²) in [5, 5.41) is 4.98. The van der Waals surface area contributed by atoms with Crippen molar-refractivity contribution in [3.63, 3.8) is 0 Å². The van der Waals surface area contributed by atoms with Crippen LogP contribution >= 0.6 is 0 Å². The van der Waals surface area contributed by atoms with Crippen LogP contribution in [0.2, 0.25) is 0 Å². The van der Waals surface area contributed by atoms with Crippen LogP contribution in [-0.4, -0.2) is 4.57 Å². The summed E-state index contributed by atoms with van der Waals surface area (Å²) in [7, 11) is 0. The van der Waals surface area contributed by atoms with Crippen molar-refractivity contribution in [2.75, 3.05) is 4.90 Å². The molecule has 12 aromatic rings. The van der Waals surface area contributed by atoms with Gasteiger partial charge in [-0.3, -0.25) is 0 Å². The molecule has 310 valence electrons. The highest BCUT2D eigenvalue weighted by Gasteiger charge is 2.20. The second-order valence-corrected chi connectivity index (χ2v) is 16.9. The summed E-state index contributed by atoms with van der Waals surface area (Å²) in [5.41, 5.74) is 18.7. The average molecular weight is 841 g/mol. The van der Waals surface area contributed by atoms with Crippen LogP contribution in [0.4, 0.5) is 17.1 Å². The lowest BCUT2D eigenvalue weighted by atomic mass is 9.94. The van der Waals surface area contributed by atoms with Gasteiger partial charge in [0, 0.05) is 33.4 Å². The molecule has 2 heteroatoms. The van der Waals surface area contributed by atoms with Crippen LogP contribution in [-0.2, 0) is 0 Å². The van der Waals surface area contributed by atoms with Crippen LogP contribution in [0.1, 0.15) is 0 Å². The Bertz CT molecular complexity index is 3680. The Labute approximate surface area is 385 Å². The van der Waals surface area contributed by atoms with E-state index in [1.807, 2.05) is 0 Å². The van der Waals surface area contributed by atoms with Crippen LogP contribution in [0.25, 0.3) is 93.9 Å². The summed E-state index contributed by atoms with van der Waals surface area (Å²) in [6.45, 7) is 0. The molecule has 0 aliphatic rings. The molecule has 0 saturated carbocycles. The minimum Gasteiger partial charge on any atom is -0.310 e. The molecule has 66 heavy (non-hydrogen) atoms. The number of hydrogen-bond acceptors (Lipinski definition) is 1. The van der Waals surface area contributed by atoms with E-state index in [2.05, 4.69) is 276 Å². The molecular formula is C64H44N2. The number of para-hydroxylation sites is 3. The second kappa shape index (κ2) is 16.8. The fraction of sp³-hybridized carbons (Fsp3) is 0. The number of benzene rings is 11. The number of hydrogen-bond donors (Lipinski definition) is 0. The molecule has 0 aliphatic carbocycles. The van der Waals surface area contributed by atoms with Gasteiger partial charge >= 0.3 is 0 Å². The zero-order valence-corrected chi connectivity index (χ0v) is 36.3. The zero-order valence-electron chi connectivity index (χ0n) is 36.3. The molecule has 2 nitrogen and oxygen atoms in total. The molecule has 0 radical (unpaired) electrons. The Balaban J connectivity index is 0.974. The van der Waals surface area contributed by atoms with E-state index in [1.165, 1.54) is 77.1 Å². The third-order valence-corrected chi connectivity index (χ3v) is 13.0. The van der Waals surface area contributed by atoms with Gasteiger partial charge in [0.25, 0.3) is 0 Å². The van der Waals surface area contributed by atoms with Crippen LogP contribution in [0, 0.1) is 0 Å². The van der Waals surface area contributed by atoms with Crippen LogP contribution in [0.5, 0.6) is 0 Å². The average Bonchev–Trinajstić information content (AvgIpc) is 3.74. The first-order valence-electron chi connectivity index (χ1n) is 22.7. The van der Waals surface area contributed by atoms with Gasteiger partial charge in [-0.25, -0.2) is 0 Å². The van der Waals surface area contributed by atoms with Gasteiger partial charge in [0.1, 0.15) is 0 Å². The summed E-state index contributed by atoms with van der Waals surface area (Å²) in [6.07, 6.45) is 0. The summed E-state index contributed by atoms with van der Waals surface area (Å²) in [5.74, 6) is 0. The molecule has 11 aromatic carbocycles. The third-order valence-electron chi connectivity index (χ3n) is 13.0. The normalized spacial score (nSPS) is 11.3.